The number of aliphatic imine (C=N–C) groups is 1. The highest BCUT2D eigenvalue weighted by molar-refractivity contribution is 6.30. The fraction of sp³-hybridized carbons (Fsp3) is 0.706. The zero-order chi connectivity index (χ0) is 16.7. The van der Waals surface area contributed by atoms with E-state index in [1.54, 1.807) is 0 Å². The first-order chi connectivity index (χ1) is 11.1. The zero-order valence-corrected chi connectivity index (χ0v) is 15.3. The highest BCUT2D eigenvalue weighted by atomic mass is 35.5. The summed E-state index contributed by atoms with van der Waals surface area (Å²) in [7, 11) is 4.06. The molecule has 1 aliphatic carbocycles. The Hall–Kier alpha value is -1.20. The van der Waals surface area contributed by atoms with Crippen LogP contribution in [0.4, 0.5) is 0 Å². The minimum atomic E-state index is 0.769. The van der Waals surface area contributed by atoms with Gasteiger partial charge in [-0.1, -0.05) is 11.6 Å². The van der Waals surface area contributed by atoms with E-state index in [4.69, 9.17) is 16.3 Å². The van der Waals surface area contributed by atoms with E-state index in [0.29, 0.717) is 0 Å². The molecule has 0 aliphatic heterocycles. The van der Waals surface area contributed by atoms with Crippen LogP contribution in [0.1, 0.15) is 31.9 Å². The molecule has 1 aromatic heterocycles. The molecule has 0 atom stereocenters. The van der Waals surface area contributed by atoms with Crippen LogP contribution in [0.2, 0.25) is 5.02 Å². The van der Waals surface area contributed by atoms with E-state index < -0.39 is 0 Å². The summed E-state index contributed by atoms with van der Waals surface area (Å²) < 4.78 is 7.70. The molecular formula is C17H29ClN4O. The van der Waals surface area contributed by atoms with E-state index in [2.05, 4.69) is 22.1 Å². The number of aromatic nitrogens is 1. The van der Waals surface area contributed by atoms with E-state index in [1.165, 1.54) is 12.8 Å². The smallest absolute Gasteiger partial charge is 0.194 e. The highest BCUT2D eigenvalue weighted by Gasteiger charge is 2.20. The standard InChI is InChI=1S/C17H29ClN4O/c1-4-19-17(20-8-5-9-23-13-14-6-7-14)22(3)12-16-10-15(18)11-21(16)2/h10-11,14H,4-9,12-13H2,1-3H3,(H,19,20). The molecule has 0 radical (unpaired) electrons. The molecule has 1 aromatic rings. The lowest BCUT2D eigenvalue weighted by Crippen LogP contribution is -2.39. The molecular weight excluding hydrogens is 312 g/mol. The molecule has 6 heteroatoms. The van der Waals surface area contributed by atoms with Gasteiger partial charge in [-0.25, -0.2) is 0 Å². The van der Waals surface area contributed by atoms with Gasteiger partial charge in [-0.2, -0.15) is 0 Å². The third-order valence-electron chi connectivity index (χ3n) is 3.93. The van der Waals surface area contributed by atoms with Crippen molar-refractivity contribution in [3.8, 4) is 0 Å². The quantitative estimate of drug-likeness (QED) is 0.427. The number of rotatable bonds is 9. The lowest BCUT2D eigenvalue weighted by Gasteiger charge is -2.22. The Labute approximate surface area is 144 Å². The van der Waals surface area contributed by atoms with Gasteiger partial charge in [-0.3, -0.25) is 4.99 Å². The maximum absolute atomic E-state index is 6.05. The molecule has 130 valence electrons. The Bertz CT molecular complexity index is 511. The molecule has 1 fully saturated rings. The summed E-state index contributed by atoms with van der Waals surface area (Å²) in [5.74, 6) is 1.76. The van der Waals surface area contributed by atoms with Crippen molar-refractivity contribution in [2.45, 2.75) is 32.7 Å². The Morgan fingerprint density at radius 1 is 1.52 bits per heavy atom. The third kappa shape index (κ3) is 6.43. The van der Waals surface area contributed by atoms with E-state index in [0.717, 1.165) is 61.9 Å². The number of nitrogens with one attached hydrogen (secondary N) is 1. The predicted molar refractivity (Wildman–Crippen MR) is 96.0 cm³/mol. The highest BCUT2D eigenvalue weighted by Crippen LogP contribution is 2.28. The molecule has 0 saturated heterocycles. The number of aryl methyl sites for hydroxylation is 1. The van der Waals surface area contributed by atoms with Crippen LogP contribution in [-0.2, 0) is 18.3 Å². The van der Waals surface area contributed by atoms with Crippen molar-refractivity contribution in [3.05, 3.63) is 23.0 Å². The maximum atomic E-state index is 6.05. The number of hydrogen-bond acceptors (Lipinski definition) is 2. The van der Waals surface area contributed by atoms with Crippen molar-refractivity contribution in [2.75, 3.05) is 33.4 Å². The van der Waals surface area contributed by atoms with E-state index in [-0.39, 0.29) is 0 Å². The van der Waals surface area contributed by atoms with Gasteiger partial charge in [0.15, 0.2) is 5.96 Å². The van der Waals surface area contributed by atoms with Crippen LogP contribution in [0.5, 0.6) is 0 Å². The Kier molecular flexibility index (Phi) is 7.24. The largest absolute Gasteiger partial charge is 0.381 e. The lowest BCUT2D eigenvalue weighted by molar-refractivity contribution is 0.123. The van der Waals surface area contributed by atoms with Crippen LogP contribution in [0.3, 0.4) is 0 Å². The van der Waals surface area contributed by atoms with Gasteiger partial charge in [0.05, 0.1) is 11.6 Å². The zero-order valence-electron chi connectivity index (χ0n) is 14.5. The first kappa shape index (κ1) is 18.1. The number of hydrogen-bond donors (Lipinski definition) is 1. The molecule has 1 N–H and O–H groups in total. The molecule has 2 rings (SSSR count). The first-order valence-electron chi connectivity index (χ1n) is 8.48. The summed E-state index contributed by atoms with van der Waals surface area (Å²) >= 11 is 6.05. The van der Waals surface area contributed by atoms with Crippen molar-refractivity contribution in [1.29, 1.82) is 0 Å². The van der Waals surface area contributed by atoms with Gasteiger partial charge in [0.25, 0.3) is 0 Å². The second-order valence-electron chi connectivity index (χ2n) is 6.22. The molecule has 1 aliphatic rings. The molecule has 0 aromatic carbocycles. The van der Waals surface area contributed by atoms with E-state index >= 15 is 0 Å². The normalized spacial score (nSPS) is 15.0. The summed E-state index contributed by atoms with van der Waals surface area (Å²) in [6, 6.07) is 1.99. The summed E-state index contributed by atoms with van der Waals surface area (Å²) in [5, 5.41) is 4.11. The summed E-state index contributed by atoms with van der Waals surface area (Å²) in [4.78, 5) is 6.81. The molecule has 5 nitrogen and oxygen atoms in total. The molecule has 0 spiro atoms. The van der Waals surface area contributed by atoms with Crippen molar-refractivity contribution in [1.82, 2.24) is 14.8 Å². The average Bonchev–Trinajstić information content (AvgIpc) is 3.27. The van der Waals surface area contributed by atoms with Crippen LogP contribution >= 0.6 is 11.6 Å². The molecule has 1 saturated carbocycles. The van der Waals surface area contributed by atoms with Crippen molar-refractivity contribution < 1.29 is 4.74 Å². The fourth-order valence-corrected chi connectivity index (χ4v) is 2.67. The van der Waals surface area contributed by atoms with Crippen LogP contribution in [-0.4, -0.2) is 48.8 Å². The fourth-order valence-electron chi connectivity index (χ4n) is 2.40. The maximum Gasteiger partial charge on any atom is 0.194 e. The summed E-state index contributed by atoms with van der Waals surface area (Å²) in [6.07, 6.45) is 5.57. The first-order valence-corrected chi connectivity index (χ1v) is 8.86. The Morgan fingerprint density at radius 3 is 2.91 bits per heavy atom. The van der Waals surface area contributed by atoms with Gasteiger partial charge in [-0.05, 0) is 38.2 Å². The van der Waals surface area contributed by atoms with Crippen molar-refractivity contribution >= 4 is 17.6 Å². The minimum absolute atomic E-state index is 0.769. The third-order valence-corrected chi connectivity index (χ3v) is 4.14. The Morgan fingerprint density at radius 2 is 2.30 bits per heavy atom. The molecule has 23 heavy (non-hydrogen) atoms. The molecule has 0 bridgehead atoms. The summed E-state index contributed by atoms with van der Waals surface area (Å²) in [6.45, 7) is 6.23. The van der Waals surface area contributed by atoms with Crippen LogP contribution < -0.4 is 5.32 Å². The molecule has 0 unspecified atom stereocenters. The average molecular weight is 341 g/mol. The number of guanidine groups is 1. The minimum Gasteiger partial charge on any atom is -0.381 e. The second-order valence-corrected chi connectivity index (χ2v) is 6.66. The Balaban J connectivity index is 1.77. The van der Waals surface area contributed by atoms with Crippen molar-refractivity contribution in [3.63, 3.8) is 0 Å². The SMILES string of the molecule is CCNC(=NCCCOCC1CC1)N(C)Cc1cc(Cl)cn1C. The van der Waals surface area contributed by atoms with Crippen molar-refractivity contribution in [2.24, 2.45) is 18.0 Å². The number of ether oxygens (including phenoxy) is 1. The number of halogens is 1. The van der Waals surface area contributed by atoms with Gasteiger partial charge in [0, 0.05) is 52.3 Å². The monoisotopic (exact) mass is 340 g/mol. The van der Waals surface area contributed by atoms with E-state index in [1.807, 2.05) is 30.9 Å². The topological polar surface area (TPSA) is 41.8 Å². The van der Waals surface area contributed by atoms with Gasteiger partial charge in [0.1, 0.15) is 0 Å². The van der Waals surface area contributed by atoms with Gasteiger partial charge >= 0.3 is 0 Å². The second kappa shape index (κ2) is 9.18. The van der Waals surface area contributed by atoms with Crippen LogP contribution in [0, 0.1) is 5.92 Å². The van der Waals surface area contributed by atoms with Gasteiger partial charge < -0.3 is 19.5 Å². The molecule has 1 heterocycles. The lowest BCUT2D eigenvalue weighted by atomic mass is 10.4. The predicted octanol–water partition coefficient (Wildman–Crippen LogP) is 2.89. The van der Waals surface area contributed by atoms with Crippen LogP contribution in [0.25, 0.3) is 0 Å². The van der Waals surface area contributed by atoms with E-state index in [9.17, 15) is 0 Å². The van der Waals surface area contributed by atoms with Crippen LogP contribution in [0.15, 0.2) is 17.3 Å². The number of nitrogens with zero attached hydrogens (tertiary/aromatic N) is 3. The van der Waals surface area contributed by atoms with Gasteiger partial charge in [-0.15, -0.1) is 0 Å². The molecule has 0 amide bonds. The van der Waals surface area contributed by atoms with Gasteiger partial charge in [0.2, 0.25) is 0 Å². The summed E-state index contributed by atoms with van der Waals surface area (Å²) in [5.41, 5.74) is 1.16.